The van der Waals surface area contributed by atoms with Crippen LogP contribution in [-0.4, -0.2) is 45.6 Å². The summed E-state index contributed by atoms with van der Waals surface area (Å²) in [5, 5.41) is 13.8. The van der Waals surface area contributed by atoms with Crippen molar-refractivity contribution in [1.29, 1.82) is 0 Å². The first-order valence-corrected chi connectivity index (χ1v) is 11.9. The monoisotopic (exact) mass is 460 g/mol. The number of thiophene rings is 1. The van der Waals surface area contributed by atoms with Gasteiger partial charge in [0.25, 0.3) is 0 Å². The molecule has 1 aromatic heterocycles. The van der Waals surface area contributed by atoms with Crippen LogP contribution in [0.25, 0.3) is 0 Å². The van der Waals surface area contributed by atoms with E-state index >= 15 is 0 Å². The van der Waals surface area contributed by atoms with Gasteiger partial charge in [-0.2, -0.15) is 0 Å². The minimum atomic E-state index is -1.01. The topological polar surface area (TPSA) is 61.8 Å². The van der Waals surface area contributed by atoms with Crippen LogP contribution in [0.5, 0.6) is 0 Å². The molecule has 0 amide bonds. The highest BCUT2D eigenvalue weighted by Crippen LogP contribution is 2.41. The van der Waals surface area contributed by atoms with Crippen molar-refractivity contribution in [3.05, 3.63) is 51.7 Å². The third-order valence-corrected chi connectivity index (χ3v) is 6.94. The van der Waals surface area contributed by atoms with E-state index in [0.29, 0.717) is 17.3 Å². The van der Waals surface area contributed by atoms with Gasteiger partial charge in [0.15, 0.2) is 5.11 Å². The first-order valence-electron chi connectivity index (χ1n) is 9.58. The lowest BCUT2D eigenvalue weighted by Crippen LogP contribution is -2.33. The summed E-state index contributed by atoms with van der Waals surface area (Å²) in [6.07, 6.45) is 0. The van der Waals surface area contributed by atoms with E-state index in [1.54, 1.807) is 44.2 Å². The van der Waals surface area contributed by atoms with Crippen molar-refractivity contribution >= 4 is 52.1 Å². The second kappa shape index (κ2) is 9.84. The molecule has 1 aromatic carbocycles. The molecule has 3 rings (SSSR count). The summed E-state index contributed by atoms with van der Waals surface area (Å²) in [5.74, 6) is 6.55. The summed E-state index contributed by atoms with van der Waals surface area (Å²) in [6, 6.07) is 11.2. The number of benzene rings is 1. The second-order valence-corrected chi connectivity index (χ2v) is 9.85. The first kappa shape index (κ1) is 22.6. The number of anilines is 1. The molecule has 0 radical (unpaired) electrons. The molecule has 1 saturated heterocycles. The van der Waals surface area contributed by atoms with Gasteiger partial charge in [-0.3, -0.25) is 0 Å². The fourth-order valence-electron chi connectivity index (χ4n) is 2.78. The normalized spacial score (nSPS) is 16.0. The molecular weight excluding hydrogens is 436 g/mol. The Morgan fingerprint density at radius 3 is 2.73 bits per heavy atom. The number of thioether (sulfide) groups is 1. The van der Waals surface area contributed by atoms with E-state index in [2.05, 4.69) is 28.1 Å². The average Bonchev–Trinajstić information content (AvgIpc) is 3.36. The summed E-state index contributed by atoms with van der Waals surface area (Å²) in [7, 11) is 0. The number of rotatable bonds is 4. The second-order valence-electron chi connectivity index (χ2n) is 7.16. The van der Waals surface area contributed by atoms with Crippen LogP contribution >= 0.6 is 35.3 Å². The number of hydrogen-bond acceptors (Lipinski definition) is 6. The van der Waals surface area contributed by atoms with Gasteiger partial charge in [0.1, 0.15) is 11.0 Å². The smallest absolute Gasteiger partial charge is 0.338 e. The molecule has 0 bridgehead atoms. The Hall–Kier alpha value is -2.05. The van der Waals surface area contributed by atoms with E-state index < -0.39 is 5.60 Å². The van der Waals surface area contributed by atoms with E-state index in [9.17, 15) is 9.90 Å². The van der Waals surface area contributed by atoms with Gasteiger partial charge in [0.05, 0.1) is 17.0 Å². The molecule has 0 saturated carbocycles. The lowest BCUT2D eigenvalue weighted by Gasteiger charge is -2.26. The highest BCUT2D eigenvalue weighted by Gasteiger charge is 2.30. The molecule has 30 heavy (non-hydrogen) atoms. The molecule has 1 atom stereocenters. The van der Waals surface area contributed by atoms with Crippen molar-refractivity contribution in [2.24, 2.45) is 0 Å². The predicted molar refractivity (Wildman–Crippen MR) is 128 cm³/mol. The quantitative estimate of drug-likeness (QED) is 0.396. The SMILES string of the molecule is CCOC(=O)c1ccc(NC(=S)N2CCS[C@H]2c2ccc(C#CC(C)(C)O)s2)cc1. The Bertz CT molecular complexity index is 968. The molecule has 1 aliphatic rings. The minimum absolute atomic E-state index is 0.131. The molecular formula is C22H24N2O3S3. The van der Waals surface area contributed by atoms with Crippen molar-refractivity contribution in [3.8, 4) is 11.8 Å². The van der Waals surface area contributed by atoms with Crippen molar-refractivity contribution in [3.63, 3.8) is 0 Å². The van der Waals surface area contributed by atoms with Crippen molar-refractivity contribution < 1.29 is 14.6 Å². The maximum atomic E-state index is 11.8. The van der Waals surface area contributed by atoms with Gasteiger partial charge in [-0.15, -0.1) is 23.1 Å². The molecule has 2 aromatic rings. The number of thiocarbonyl (C=S) groups is 1. The number of hydrogen-bond donors (Lipinski definition) is 2. The van der Waals surface area contributed by atoms with E-state index in [4.69, 9.17) is 17.0 Å². The molecule has 0 unspecified atom stereocenters. The summed E-state index contributed by atoms with van der Waals surface area (Å²) in [5.41, 5.74) is 0.333. The average molecular weight is 461 g/mol. The van der Waals surface area contributed by atoms with Gasteiger partial charge in [0.2, 0.25) is 0 Å². The number of carbonyl (C=O) groups excluding carboxylic acids is 1. The van der Waals surface area contributed by atoms with Gasteiger partial charge in [-0.25, -0.2) is 4.79 Å². The van der Waals surface area contributed by atoms with Gasteiger partial charge < -0.3 is 20.1 Å². The van der Waals surface area contributed by atoms with E-state index in [1.807, 2.05) is 30.0 Å². The van der Waals surface area contributed by atoms with Crippen LogP contribution in [0.1, 0.15) is 46.3 Å². The third-order valence-electron chi connectivity index (χ3n) is 4.16. The summed E-state index contributed by atoms with van der Waals surface area (Å²) in [4.78, 5) is 16.1. The van der Waals surface area contributed by atoms with Crippen LogP contribution in [0.15, 0.2) is 36.4 Å². The maximum Gasteiger partial charge on any atom is 0.338 e. The fourth-order valence-corrected chi connectivity index (χ4v) is 5.53. The van der Waals surface area contributed by atoms with Crippen LogP contribution in [-0.2, 0) is 4.74 Å². The van der Waals surface area contributed by atoms with E-state index in [0.717, 1.165) is 22.9 Å². The molecule has 2 N–H and O–H groups in total. The standard InChI is InChI=1S/C22H24N2O3S3/c1-4-27-20(25)15-5-7-16(8-6-15)23-21(28)24-13-14-29-19(24)18-10-9-17(30-18)11-12-22(2,3)26/h5-10,19,26H,4,13-14H2,1-3H3,(H,23,28)/t19-/m0/s1. The molecule has 0 aliphatic carbocycles. The molecule has 1 aliphatic heterocycles. The number of ether oxygens (including phenoxy) is 1. The van der Waals surface area contributed by atoms with Crippen LogP contribution < -0.4 is 5.32 Å². The zero-order valence-electron chi connectivity index (χ0n) is 17.1. The molecule has 2 heterocycles. The minimum Gasteiger partial charge on any atom is -0.462 e. The van der Waals surface area contributed by atoms with Gasteiger partial charge in [-0.1, -0.05) is 11.8 Å². The molecule has 5 nitrogen and oxygen atoms in total. The van der Waals surface area contributed by atoms with Crippen LogP contribution in [0, 0.1) is 11.8 Å². The molecule has 8 heteroatoms. The van der Waals surface area contributed by atoms with Gasteiger partial charge >= 0.3 is 5.97 Å². The largest absolute Gasteiger partial charge is 0.462 e. The molecule has 0 spiro atoms. The summed E-state index contributed by atoms with van der Waals surface area (Å²) >= 11 is 9.12. The predicted octanol–water partition coefficient (Wildman–Crippen LogP) is 4.49. The van der Waals surface area contributed by atoms with Crippen molar-refractivity contribution in [2.45, 2.75) is 31.7 Å². The van der Waals surface area contributed by atoms with E-state index in [-0.39, 0.29) is 11.3 Å². The Balaban J connectivity index is 1.67. The van der Waals surface area contributed by atoms with E-state index in [1.165, 1.54) is 4.88 Å². The van der Waals surface area contributed by atoms with Crippen LogP contribution in [0.4, 0.5) is 5.69 Å². The summed E-state index contributed by atoms with van der Waals surface area (Å²) in [6.45, 7) is 6.33. The van der Waals surface area contributed by atoms with Crippen LogP contribution in [0.2, 0.25) is 0 Å². The maximum absolute atomic E-state index is 11.8. The highest BCUT2D eigenvalue weighted by molar-refractivity contribution is 7.99. The van der Waals surface area contributed by atoms with Crippen LogP contribution in [0.3, 0.4) is 0 Å². The van der Waals surface area contributed by atoms with Crippen molar-refractivity contribution in [1.82, 2.24) is 4.90 Å². The Morgan fingerprint density at radius 1 is 1.33 bits per heavy atom. The summed E-state index contributed by atoms with van der Waals surface area (Å²) < 4.78 is 5.01. The van der Waals surface area contributed by atoms with Gasteiger partial charge in [-0.05, 0) is 69.4 Å². The lowest BCUT2D eigenvalue weighted by molar-refractivity contribution is 0.0526. The number of aliphatic hydroxyl groups is 1. The van der Waals surface area contributed by atoms with Crippen molar-refractivity contribution in [2.75, 3.05) is 24.2 Å². The fraction of sp³-hybridized carbons (Fsp3) is 0.364. The Kier molecular flexibility index (Phi) is 7.42. The highest BCUT2D eigenvalue weighted by atomic mass is 32.2. The number of nitrogens with one attached hydrogen (secondary N) is 1. The number of nitrogens with zero attached hydrogens (tertiary/aromatic N) is 1. The molecule has 158 valence electrons. The lowest BCUT2D eigenvalue weighted by atomic mass is 10.1. The number of carbonyl (C=O) groups is 1. The van der Waals surface area contributed by atoms with Gasteiger partial charge in [0, 0.05) is 22.9 Å². The molecule has 1 fully saturated rings. The Morgan fingerprint density at radius 2 is 2.07 bits per heavy atom. The number of esters is 1. The zero-order valence-corrected chi connectivity index (χ0v) is 19.5. The Labute approximate surface area is 190 Å². The third kappa shape index (κ3) is 5.99. The zero-order chi connectivity index (χ0) is 21.7. The first-order chi connectivity index (χ1) is 14.3.